The number of aromatic nitrogens is 1. The minimum Gasteiger partial charge on any atom is -0.494 e. The quantitative estimate of drug-likeness (QED) is 0.505. The van der Waals surface area contributed by atoms with Gasteiger partial charge in [-0.25, -0.2) is 4.98 Å². The second-order valence-electron chi connectivity index (χ2n) is 6.42. The number of hydrogen-bond acceptors (Lipinski definition) is 6. The second-order valence-corrected chi connectivity index (χ2v) is 7.28. The van der Waals surface area contributed by atoms with Crippen molar-refractivity contribution in [1.82, 2.24) is 4.98 Å². The van der Waals surface area contributed by atoms with Crippen LogP contribution in [-0.2, 0) is 4.79 Å². The number of aryl methyl sites for hydroxylation is 1. The number of methoxy groups -OCH3 is 2. The van der Waals surface area contributed by atoms with Crippen LogP contribution in [-0.4, -0.2) is 31.7 Å². The Morgan fingerprint density at radius 3 is 2.69 bits per heavy atom. The first-order valence-electron chi connectivity index (χ1n) is 9.26. The summed E-state index contributed by atoms with van der Waals surface area (Å²) in [5.74, 6) is 2.04. The van der Waals surface area contributed by atoms with Gasteiger partial charge in [0.1, 0.15) is 5.75 Å². The van der Waals surface area contributed by atoms with Crippen molar-refractivity contribution in [3.05, 3.63) is 53.4 Å². The summed E-state index contributed by atoms with van der Waals surface area (Å²) in [6.45, 7) is 2.51. The molecule has 0 spiro atoms. The maximum absolute atomic E-state index is 12.2. The summed E-state index contributed by atoms with van der Waals surface area (Å²) in [7, 11) is 3.19. The molecular formula is C22H24N2O4S. The van der Waals surface area contributed by atoms with Crippen molar-refractivity contribution < 1.29 is 19.0 Å². The predicted octanol–water partition coefficient (Wildman–Crippen LogP) is 4.93. The van der Waals surface area contributed by atoms with Crippen LogP contribution in [0.3, 0.4) is 0 Å². The molecule has 2 aromatic carbocycles. The van der Waals surface area contributed by atoms with Gasteiger partial charge in [0, 0.05) is 17.4 Å². The lowest BCUT2D eigenvalue weighted by Gasteiger charge is -2.08. The summed E-state index contributed by atoms with van der Waals surface area (Å²) >= 11 is 1.39. The van der Waals surface area contributed by atoms with Crippen LogP contribution in [0.4, 0.5) is 5.13 Å². The van der Waals surface area contributed by atoms with Gasteiger partial charge < -0.3 is 19.5 Å². The van der Waals surface area contributed by atoms with Crippen LogP contribution >= 0.6 is 11.3 Å². The number of anilines is 1. The molecule has 0 aliphatic carbocycles. The van der Waals surface area contributed by atoms with E-state index in [0.29, 0.717) is 36.1 Å². The van der Waals surface area contributed by atoms with Crippen molar-refractivity contribution in [3.63, 3.8) is 0 Å². The summed E-state index contributed by atoms with van der Waals surface area (Å²) in [5.41, 5.74) is 2.81. The molecule has 3 rings (SSSR count). The van der Waals surface area contributed by atoms with Crippen LogP contribution < -0.4 is 19.5 Å². The molecule has 0 bridgehead atoms. The van der Waals surface area contributed by atoms with Gasteiger partial charge in [0.25, 0.3) is 0 Å². The van der Waals surface area contributed by atoms with E-state index in [2.05, 4.69) is 10.3 Å². The molecular weight excluding hydrogens is 388 g/mol. The number of thiazole rings is 1. The number of carbonyl (C=O) groups is 1. The van der Waals surface area contributed by atoms with Crippen molar-refractivity contribution in [2.45, 2.75) is 19.8 Å². The number of amides is 1. The van der Waals surface area contributed by atoms with Gasteiger partial charge in [-0.2, -0.15) is 0 Å². The maximum Gasteiger partial charge on any atom is 0.226 e. The third-order valence-electron chi connectivity index (χ3n) is 4.24. The van der Waals surface area contributed by atoms with Gasteiger partial charge in [-0.05, 0) is 49.2 Å². The Morgan fingerprint density at radius 1 is 1.10 bits per heavy atom. The third kappa shape index (κ3) is 5.71. The average Bonchev–Trinajstić information content (AvgIpc) is 3.19. The highest BCUT2D eigenvalue weighted by atomic mass is 32.1. The fraction of sp³-hybridized carbons (Fsp3) is 0.273. The topological polar surface area (TPSA) is 69.7 Å². The van der Waals surface area contributed by atoms with E-state index in [0.717, 1.165) is 22.6 Å². The monoisotopic (exact) mass is 412 g/mol. The molecule has 0 fully saturated rings. The Morgan fingerprint density at radius 2 is 1.93 bits per heavy atom. The first-order valence-corrected chi connectivity index (χ1v) is 10.1. The standard InChI is InChI=1S/C22H24N2O4S/c1-15-6-4-7-17(12-15)28-11-5-8-21(25)24-22-23-18(14-29-22)16-9-10-19(26-2)20(13-16)27-3/h4,6-7,9-10,12-14H,5,8,11H2,1-3H3,(H,23,24,25). The Labute approximate surface area is 174 Å². The van der Waals surface area contributed by atoms with Gasteiger partial charge in [-0.1, -0.05) is 12.1 Å². The molecule has 1 amide bonds. The zero-order chi connectivity index (χ0) is 20.6. The molecule has 1 N–H and O–H groups in total. The number of nitrogens with one attached hydrogen (secondary N) is 1. The van der Waals surface area contributed by atoms with Gasteiger partial charge in [0.15, 0.2) is 16.6 Å². The lowest BCUT2D eigenvalue weighted by atomic mass is 10.1. The van der Waals surface area contributed by atoms with E-state index in [4.69, 9.17) is 14.2 Å². The largest absolute Gasteiger partial charge is 0.494 e. The van der Waals surface area contributed by atoms with Crippen LogP contribution in [0.1, 0.15) is 18.4 Å². The molecule has 3 aromatic rings. The number of hydrogen-bond donors (Lipinski definition) is 1. The molecule has 1 aromatic heterocycles. The molecule has 0 saturated carbocycles. The van der Waals surface area contributed by atoms with E-state index in [9.17, 15) is 4.79 Å². The molecule has 7 heteroatoms. The minimum absolute atomic E-state index is 0.0777. The van der Waals surface area contributed by atoms with Crippen LogP contribution in [0.15, 0.2) is 47.8 Å². The van der Waals surface area contributed by atoms with E-state index >= 15 is 0 Å². The fourth-order valence-corrected chi connectivity index (χ4v) is 3.50. The molecule has 152 valence electrons. The van der Waals surface area contributed by atoms with Gasteiger partial charge in [-0.3, -0.25) is 4.79 Å². The first-order chi connectivity index (χ1) is 14.1. The fourth-order valence-electron chi connectivity index (χ4n) is 2.77. The van der Waals surface area contributed by atoms with Crippen molar-refractivity contribution in [1.29, 1.82) is 0 Å². The predicted molar refractivity (Wildman–Crippen MR) is 115 cm³/mol. The zero-order valence-corrected chi connectivity index (χ0v) is 17.5. The first kappa shape index (κ1) is 20.7. The highest BCUT2D eigenvalue weighted by molar-refractivity contribution is 7.14. The molecule has 29 heavy (non-hydrogen) atoms. The summed E-state index contributed by atoms with van der Waals surface area (Å²) in [5, 5.41) is 5.32. The van der Waals surface area contributed by atoms with Crippen molar-refractivity contribution >= 4 is 22.4 Å². The molecule has 0 aliphatic rings. The van der Waals surface area contributed by atoms with E-state index < -0.39 is 0 Å². The summed E-state index contributed by atoms with van der Waals surface area (Å²) in [6, 6.07) is 13.5. The van der Waals surface area contributed by atoms with Crippen molar-refractivity contribution in [2.75, 3.05) is 26.1 Å². The van der Waals surface area contributed by atoms with E-state index in [1.165, 1.54) is 11.3 Å². The lowest BCUT2D eigenvalue weighted by molar-refractivity contribution is -0.116. The van der Waals surface area contributed by atoms with Gasteiger partial charge in [0.05, 0.1) is 26.5 Å². The zero-order valence-electron chi connectivity index (χ0n) is 16.7. The molecule has 0 unspecified atom stereocenters. The highest BCUT2D eigenvalue weighted by Gasteiger charge is 2.11. The van der Waals surface area contributed by atoms with Crippen LogP contribution in [0.5, 0.6) is 17.2 Å². The number of benzene rings is 2. The lowest BCUT2D eigenvalue weighted by Crippen LogP contribution is -2.12. The third-order valence-corrected chi connectivity index (χ3v) is 4.99. The minimum atomic E-state index is -0.0777. The van der Waals surface area contributed by atoms with Crippen LogP contribution in [0, 0.1) is 6.92 Å². The van der Waals surface area contributed by atoms with Crippen molar-refractivity contribution in [2.24, 2.45) is 0 Å². The number of carbonyl (C=O) groups excluding carboxylic acids is 1. The Balaban J connectivity index is 1.50. The van der Waals surface area contributed by atoms with E-state index in [-0.39, 0.29) is 5.91 Å². The summed E-state index contributed by atoms with van der Waals surface area (Å²) in [4.78, 5) is 16.7. The van der Waals surface area contributed by atoms with Gasteiger partial charge in [-0.15, -0.1) is 11.3 Å². The number of ether oxygens (including phenoxy) is 3. The Hall–Kier alpha value is -3.06. The normalized spacial score (nSPS) is 10.4. The Bertz CT molecular complexity index is 971. The van der Waals surface area contributed by atoms with Crippen LogP contribution in [0.25, 0.3) is 11.3 Å². The highest BCUT2D eigenvalue weighted by Crippen LogP contribution is 2.33. The number of rotatable bonds is 9. The average molecular weight is 413 g/mol. The molecule has 0 atom stereocenters. The summed E-state index contributed by atoms with van der Waals surface area (Å²) < 4.78 is 16.3. The second kappa shape index (κ2) is 9.93. The maximum atomic E-state index is 12.2. The van der Waals surface area contributed by atoms with Crippen LogP contribution in [0.2, 0.25) is 0 Å². The van der Waals surface area contributed by atoms with Crippen molar-refractivity contribution in [3.8, 4) is 28.5 Å². The van der Waals surface area contributed by atoms with E-state index in [1.807, 2.05) is 54.8 Å². The molecule has 0 aliphatic heterocycles. The van der Waals surface area contributed by atoms with E-state index in [1.54, 1.807) is 14.2 Å². The molecule has 0 radical (unpaired) electrons. The number of nitrogens with zero attached hydrogens (tertiary/aromatic N) is 1. The smallest absolute Gasteiger partial charge is 0.226 e. The molecule has 1 heterocycles. The molecule has 0 saturated heterocycles. The Kier molecular flexibility index (Phi) is 7.08. The van der Waals surface area contributed by atoms with Gasteiger partial charge >= 0.3 is 0 Å². The SMILES string of the molecule is COc1ccc(-c2csc(NC(=O)CCCOc3cccc(C)c3)n2)cc1OC. The summed E-state index contributed by atoms with van der Waals surface area (Å²) in [6.07, 6.45) is 1.00. The van der Waals surface area contributed by atoms with Gasteiger partial charge in [0.2, 0.25) is 5.91 Å². The molecule has 6 nitrogen and oxygen atoms in total.